The van der Waals surface area contributed by atoms with Crippen molar-refractivity contribution in [3.8, 4) is 5.75 Å². The lowest BCUT2D eigenvalue weighted by Crippen LogP contribution is -2.35. The van der Waals surface area contributed by atoms with E-state index in [1.165, 1.54) is 29.5 Å². The number of ketones is 1. The molecule has 0 spiro atoms. The molecule has 0 saturated carbocycles. The van der Waals surface area contributed by atoms with E-state index in [0.29, 0.717) is 18.8 Å². The zero-order valence-corrected chi connectivity index (χ0v) is 19.6. The summed E-state index contributed by atoms with van der Waals surface area (Å²) in [6.45, 7) is 4.06. The van der Waals surface area contributed by atoms with E-state index in [1.807, 2.05) is 17.0 Å². The number of para-hydroxylation sites is 1. The summed E-state index contributed by atoms with van der Waals surface area (Å²) in [5, 5.41) is 0. The quantitative estimate of drug-likeness (QED) is 0.562. The Kier molecular flexibility index (Phi) is 6.50. The number of carbonyl (C=O) groups is 2. The summed E-state index contributed by atoms with van der Waals surface area (Å²) in [4.78, 5) is 29.6. The van der Waals surface area contributed by atoms with Crippen LogP contribution in [0.2, 0.25) is 0 Å². The second-order valence-electron chi connectivity index (χ2n) is 9.75. The number of benzene rings is 2. The molecule has 0 atom stereocenters. The molecule has 0 aliphatic carbocycles. The molecule has 3 aliphatic rings. The van der Waals surface area contributed by atoms with Gasteiger partial charge in [-0.3, -0.25) is 9.59 Å². The Morgan fingerprint density at radius 1 is 1.03 bits per heavy atom. The number of aryl methyl sites for hydroxylation is 1. The number of nitrogens with zero attached hydrogens (tertiary/aromatic N) is 2. The zero-order chi connectivity index (χ0) is 22.8. The van der Waals surface area contributed by atoms with Crippen molar-refractivity contribution in [2.24, 2.45) is 5.92 Å². The summed E-state index contributed by atoms with van der Waals surface area (Å²) in [5.41, 5.74) is 5.61. The maximum absolute atomic E-state index is 13.0. The standard InChI is InChI=1S/C28H34N2O3/c1-33-26-5-3-2-4-21(26)12-16-29-14-10-20(11-15-29)6-8-25(31)24-18-22-7-9-27(32)30-17-13-23(19-24)28(22)30/h2-5,18-20H,6-17H2,1H3. The van der Waals surface area contributed by atoms with Gasteiger partial charge in [0.15, 0.2) is 5.78 Å². The smallest absolute Gasteiger partial charge is 0.227 e. The highest BCUT2D eigenvalue weighted by molar-refractivity contribution is 6.02. The fourth-order valence-corrected chi connectivity index (χ4v) is 5.79. The molecule has 3 heterocycles. The van der Waals surface area contributed by atoms with Gasteiger partial charge in [0, 0.05) is 31.5 Å². The number of ether oxygens (including phenoxy) is 1. The van der Waals surface area contributed by atoms with E-state index < -0.39 is 0 Å². The van der Waals surface area contributed by atoms with Crippen LogP contribution in [0.3, 0.4) is 0 Å². The van der Waals surface area contributed by atoms with E-state index in [1.54, 1.807) is 7.11 Å². The van der Waals surface area contributed by atoms with E-state index in [0.717, 1.165) is 68.9 Å². The van der Waals surface area contributed by atoms with Gasteiger partial charge in [0.05, 0.1) is 12.8 Å². The molecule has 0 unspecified atom stereocenters. The SMILES string of the molecule is COc1ccccc1CCN1CCC(CCC(=O)c2cc3c4c(c2)CCN4C(=O)CC3)CC1. The summed E-state index contributed by atoms with van der Waals surface area (Å²) in [7, 11) is 1.74. The van der Waals surface area contributed by atoms with Gasteiger partial charge in [-0.2, -0.15) is 0 Å². The molecule has 1 amide bonds. The fourth-order valence-electron chi connectivity index (χ4n) is 5.79. The van der Waals surface area contributed by atoms with Crippen LogP contribution in [0.4, 0.5) is 5.69 Å². The summed E-state index contributed by atoms with van der Waals surface area (Å²) in [6.07, 6.45) is 7.19. The Morgan fingerprint density at radius 3 is 2.58 bits per heavy atom. The molecule has 0 radical (unpaired) electrons. The highest BCUT2D eigenvalue weighted by atomic mass is 16.5. The summed E-state index contributed by atoms with van der Waals surface area (Å²) in [6, 6.07) is 12.4. The van der Waals surface area contributed by atoms with Crippen molar-refractivity contribution >= 4 is 17.4 Å². The van der Waals surface area contributed by atoms with Crippen molar-refractivity contribution in [2.75, 3.05) is 38.2 Å². The van der Waals surface area contributed by atoms with Crippen molar-refractivity contribution < 1.29 is 14.3 Å². The normalized spacial score (nSPS) is 18.5. The summed E-state index contributed by atoms with van der Waals surface area (Å²) in [5.74, 6) is 2.11. The van der Waals surface area contributed by atoms with Gasteiger partial charge in [-0.25, -0.2) is 0 Å². The van der Waals surface area contributed by atoms with Crippen LogP contribution >= 0.6 is 0 Å². The minimum absolute atomic E-state index is 0.231. The lowest BCUT2D eigenvalue weighted by Gasteiger charge is -2.32. The number of piperidine rings is 1. The molecule has 5 heteroatoms. The molecule has 0 aromatic heterocycles. The largest absolute Gasteiger partial charge is 0.496 e. The minimum Gasteiger partial charge on any atom is -0.496 e. The van der Waals surface area contributed by atoms with Crippen molar-refractivity contribution in [3.63, 3.8) is 0 Å². The Balaban J connectivity index is 1.10. The zero-order valence-electron chi connectivity index (χ0n) is 19.6. The number of rotatable bonds is 8. The molecular weight excluding hydrogens is 412 g/mol. The van der Waals surface area contributed by atoms with E-state index >= 15 is 0 Å². The van der Waals surface area contributed by atoms with Gasteiger partial charge in [0.1, 0.15) is 5.75 Å². The van der Waals surface area contributed by atoms with Crippen LogP contribution in [0, 0.1) is 5.92 Å². The molecule has 174 valence electrons. The molecule has 0 N–H and O–H groups in total. The predicted octanol–water partition coefficient (Wildman–Crippen LogP) is 4.45. The van der Waals surface area contributed by atoms with Crippen LogP contribution in [-0.2, 0) is 24.1 Å². The van der Waals surface area contributed by atoms with Crippen molar-refractivity contribution in [2.45, 2.75) is 51.4 Å². The highest BCUT2D eigenvalue weighted by Crippen LogP contribution is 2.38. The van der Waals surface area contributed by atoms with Crippen LogP contribution in [0.5, 0.6) is 5.75 Å². The number of methoxy groups -OCH3 is 1. The average molecular weight is 447 g/mol. The lowest BCUT2D eigenvalue weighted by atomic mass is 9.89. The Morgan fingerprint density at radius 2 is 1.79 bits per heavy atom. The van der Waals surface area contributed by atoms with Gasteiger partial charge in [-0.05, 0) is 92.4 Å². The number of anilines is 1. The van der Waals surface area contributed by atoms with Crippen LogP contribution in [0.15, 0.2) is 36.4 Å². The lowest BCUT2D eigenvalue weighted by molar-refractivity contribution is -0.118. The van der Waals surface area contributed by atoms with Crippen molar-refractivity contribution in [1.82, 2.24) is 4.90 Å². The Labute approximate surface area is 196 Å². The fraction of sp³-hybridized carbons (Fsp3) is 0.500. The second kappa shape index (κ2) is 9.68. The third-order valence-corrected chi connectivity index (χ3v) is 7.75. The van der Waals surface area contributed by atoms with Gasteiger partial charge in [0.25, 0.3) is 0 Å². The first-order valence-corrected chi connectivity index (χ1v) is 12.5. The summed E-state index contributed by atoms with van der Waals surface area (Å²) >= 11 is 0. The maximum atomic E-state index is 13.0. The molecule has 1 saturated heterocycles. The molecule has 2 aromatic rings. The van der Waals surface area contributed by atoms with Gasteiger partial charge < -0.3 is 14.5 Å². The minimum atomic E-state index is 0.231. The molecule has 2 aromatic carbocycles. The molecule has 33 heavy (non-hydrogen) atoms. The number of carbonyl (C=O) groups excluding carboxylic acids is 2. The highest BCUT2D eigenvalue weighted by Gasteiger charge is 2.32. The van der Waals surface area contributed by atoms with Gasteiger partial charge >= 0.3 is 0 Å². The number of likely N-dealkylation sites (tertiary alicyclic amines) is 1. The first-order valence-electron chi connectivity index (χ1n) is 12.5. The van der Waals surface area contributed by atoms with E-state index in [-0.39, 0.29) is 11.7 Å². The Bertz CT molecular complexity index is 1040. The second-order valence-corrected chi connectivity index (χ2v) is 9.75. The third kappa shape index (κ3) is 4.70. The van der Waals surface area contributed by atoms with Gasteiger partial charge in [-0.1, -0.05) is 18.2 Å². The van der Waals surface area contributed by atoms with Crippen LogP contribution in [0.1, 0.15) is 59.2 Å². The van der Waals surface area contributed by atoms with Crippen LogP contribution < -0.4 is 9.64 Å². The number of hydrogen-bond acceptors (Lipinski definition) is 4. The number of Topliss-reactive ketones (excluding diaryl/α,β-unsaturated/α-hetero) is 1. The average Bonchev–Trinajstić information content (AvgIpc) is 3.29. The van der Waals surface area contributed by atoms with Crippen LogP contribution in [0.25, 0.3) is 0 Å². The molecule has 3 aliphatic heterocycles. The van der Waals surface area contributed by atoms with Gasteiger partial charge in [0.2, 0.25) is 5.91 Å². The van der Waals surface area contributed by atoms with E-state index in [2.05, 4.69) is 29.2 Å². The first-order chi connectivity index (χ1) is 16.1. The Hall–Kier alpha value is -2.66. The number of hydrogen-bond donors (Lipinski definition) is 0. The maximum Gasteiger partial charge on any atom is 0.227 e. The topological polar surface area (TPSA) is 49.9 Å². The third-order valence-electron chi connectivity index (χ3n) is 7.75. The molecular formula is C28H34N2O3. The van der Waals surface area contributed by atoms with Crippen LogP contribution in [-0.4, -0.2) is 49.9 Å². The first kappa shape index (κ1) is 22.1. The molecule has 5 nitrogen and oxygen atoms in total. The van der Waals surface area contributed by atoms with Crippen molar-refractivity contribution in [3.05, 3.63) is 58.7 Å². The summed E-state index contributed by atoms with van der Waals surface area (Å²) < 4.78 is 5.48. The predicted molar refractivity (Wildman–Crippen MR) is 130 cm³/mol. The van der Waals surface area contributed by atoms with E-state index in [9.17, 15) is 9.59 Å². The molecule has 1 fully saturated rings. The monoisotopic (exact) mass is 446 g/mol. The number of amides is 1. The van der Waals surface area contributed by atoms with E-state index in [4.69, 9.17) is 4.74 Å². The molecule has 0 bridgehead atoms. The molecule has 5 rings (SSSR count). The van der Waals surface area contributed by atoms with Crippen molar-refractivity contribution in [1.29, 1.82) is 0 Å². The van der Waals surface area contributed by atoms with Gasteiger partial charge in [-0.15, -0.1) is 0 Å².